The second-order valence-electron chi connectivity index (χ2n) is 3.08. The molecule has 0 fully saturated rings. The third-order valence-corrected chi connectivity index (χ3v) is 1.17. The number of nitrogens with zero attached hydrogens (tertiary/aromatic N) is 1. The minimum atomic E-state index is -0.377. The van der Waals surface area contributed by atoms with Crippen molar-refractivity contribution in [3.63, 3.8) is 0 Å². The van der Waals surface area contributed by atoms with Gasteiger partial charge in [-0.25, -0.2) is 4.79 Å². The molecule has 0 unspecified atom stereocenters. The molecule has 3 heteroatoms. The fourth-order valence-corrected chi connectivity index (χ4v) is 0.681. The van der Waals surface area contributed by atoms with Gasteiger partial charge in [0.05, 0.1) is 0 Å². The molecule has 0 aliphatic heterocycles. The average Bonchev–Trinajstić information content (AvgIpc) is 1.85. The van der Waals surface area contributed by atoms with Gasteiger partial charge < -0.3 is 0 Å². The molecule has 0 heterocycles. The number of hydroxylamine groups is 3. The SMILES string of the molecule is C=C(C)C(=O)O[N+](C)(C)C=CC. The summed E-state index contributed by atoms with van der Waals surface area (Å²) in [5.74, 6) is -0.377. The third kappa shape index (κ3) is 3.93. The quantitative estimate of drug-likeness (QED) is 0.365. The van der Waals surface area contributed by atoms with Crippen molar-refractivity contribution in [2.24, 2.45) is 0 Å². The normalized spacial score (nSPS) is 11.7. The monoisotopic (exact) mass is 170 g/mol. The van der Waals surface area contributed by atoms with E-state index in [1.54, 1.807) is 27.2 Å². The highest BCUT2D eigenvalue weighted by atomic mass is 16.7. The van der Waals surface area contributed by atoms with Gasteiger partial charge in [-0.05, 0) is 19.9 Å². The molecule has 68 valence electrons. The highest BCUT2D eigenvalue weighted by Crippen LogP contribution is 2.04. The van der Waals surface area contributed by atoms with Crippen molar-refractivity contribution in [3.05, 3.63) is 24.4 Å². The fraction of sp³-hybridized carbons (Fsp3) is 0.444. The smallest absolute Gasteiger partial charge is 0.267 e. The molecule has 12 heavy (non-hydrogen) atoms. The minimum Gasteiger partial charge on any atom is -0.267 e. The Morgan fingerprint density at radius 1 is 1.50 bits per heavy atom. The van der Waals surface area contributed by atoms with E-state index in [2.05, 4.69) is 6.58 Å². The second-order valence-corrected chi connectivity index (χ2v) is 3.08. The van der Waals surface area contributed by atoms with Gasteiger partial charge in [-0.3, -0.25) is 4.84 Å². The van der Waals surface area contributed by atoms with Crippen LogP contribution in [0.3, 0.4) is 0 Å². The fourth-order valence-electron chi connectivity index (χ4n) is 0.681. The summed E-state index contributed by atoms with van der Waals surface area (Å²) in [6.45, 7) is 6.98. The van der Waals surface area contributed by atoms with Crippen molar-refractivity contribution in [1.29, 1.82) is 0 Å². The molecule has 0 saturated heterocycles. The summed E-state index contributed by atoms with van der Waals surface area (Å²) >= 11 is 0. The first-order valence-corrected chi connectivity index (χ1v) is 3.76. The molecule has 0 aliphatic rings. The molecule has 0 rings (SSSR count). The lowest BCUT2D eigenvalue weighted by molar-refractivity contribution is -1.02. The first kappa shape index (κ1) is 10.9. The van der Waals surface area contributed by atoms with Crippen molar-refractivity contribution in [2.75, 3.05) is 14.1 Å². The minimum absolute atomic E-state index is 0.0855. The Balaban J connectivity index is 4.24. The Morgan fingerprint density at radius 3 is 2.33 bits per heavy atom. The summed E-state index contributed by atoms with van der Waals surface area (Å²) in [6, 6.07) is 0. The van der Waals surface area contributed by atoms with E-state index in [0.717, 1.165) is 0 Å². The summed E-state index contributed by atoms with van der Waals surface area (Å²) in [5, 5.41) is 0. The number of carbonyl (C=O) groups excluding carboxylic acids is 1. The average molecular weight is 170 g/mol. The predicted octanol–water partition coefficient (Wildman–Crippen LogP) is 1.63. The summed E-state index contributed by atoms with van der Waals surface area (Å²) < 4.78 is 0.0855. The first-order valence-electron chi connectivity index (χ1n) is 3.76. The molecule has 3 nitrogen and oxygen atoms in total. The maximum absolute atomic E-state index is 11.1. The molecule has 0 N–H and O–H groups in total. The van der Waals surface area contributed by atoms with Crippen molar-refractivity contribution in [3.8, 4) is 0 Å². The lowest BCUT2D eigenvalue weighted by Gasteiger charge is -2.20. The van der Waals surface area contributed by atoms with Gasteiger partial charge in [-0.2, -0.15) is 0 Å². The Bertz CT molecular complexity index is 217. The van der Waals surface area contributed by atoms with Crippen LogP contribution < -0.4 is 0 Å². The molecule has 0 spiro atoms. The molecule has 0 radical (unpaired) electrons. The molecule has 0 bridgehead atoms. The van der Waals surface area contributed by atoms with Crippen molar-refractivity contribution < 1.29 is 14.3 Å². The molecule has 0 atom stereocenters. The van der Waals surface area contributed by atoms with Gasteiger partial charge in [-0.15, -0.1) is 4.65 Å². The molecule has 0 aromatic carbocycles. The van der Waals surface area contributed by atoms with E-state index in [1.807, 2.05) is 13.0 Å². The molecule has 0 amide bonds. The van der Waals surface area contributed by atoms with E-state index >= 15 is 0 Å². The van der Waals surface area contributed by atoms with Crippen molar-refractivity contribution >= 4 is 5.97 Å². The van der Waals surface area contributed by atoms with Gasteiger partial charge in [0.15, 0.2) is 0 Å². The Morgan fingerprint density at radius 2 is 2.00 bits per heavy atom. The van der Waals surface area contributed by atoms with Gasteiger partial charge in [0.25, 0.3) is 0 Å². The van der Waals surface area contributed by atoms with Crippen LogP contribution in [-0.2, 0) is 9.63 Å². The maximum Gasteiger partial charge on any atom is 0.393 e. The molecule has 0 aromatic heterocycles. The van der Waals surface area contributed by atoms with Crippen molar-refractivity contribution in [1.82, 2.24) is 0 Å². The summed E-state index contributed by atoms with van der Waals surface area (Å²) in [5.41, 5.74) is 0.408. The van der Waals surface area contributed by atoms with Crippen LogP contribution in [-0.4, -0.2) is 24.7 Å². The number of hydrogen-bond acceptors (Lipinski definition) is 2. The van der Waals surface area contributed by atoms with E-state index in [1.165, 1.54) is 0 Å². The predicted molar refractivity (Wildman–Crippen MR) is 47.8 cm³/mol. The molecular formula is C9H16NO2+. The molecule has 0 saturated carbocycles. The van der Waals surface area contributed by atoms with Crippen LogP contribution in [0.15, 0.2) is 24.4 Å². The Hall–Kier alpha value is -1.09. The van der Waals surface area contributed by atoms with Crippen LogP contribution in [0.5, 0.6) is 0 Å². The van der Waals surface area contributed by atoms with Crippen LogP contribution in [0.25, 0.3) is 0 Å². The van der Waals surface area contributed by atoms with E-state index in [0.29, 0.717) is 5.57 Å². The van der Waals surface area contributed by atoms with Crippen LogP contribution in [0.2, 0.25) is 0 Å². The second kappa shape index (κ2) is 4.07. The van der Waals surface area contributed by atoms with E-state index in [4.69, 9.17) is 4.84 Å². The lowest BCUT2D eigenvalue weighted by atomic mass is 10.4. The Labute approximate surface area is 73.5 Å². The maximum atomic E-state index is 11.1. The van der Waals surface area contributed by atoms with Gasteiger partial charge in [0, 0.05) is 5.57 Å². The van der Waals surface area contributed by atoms with Crippen LogP contribution in [0.1, 0.15) is 13.8 Å². The van der Waals surface area contributed by atoms with Crippen LogP contribution >= 0.6 is 0 Å². The van der Waals surface area contributed by atoms with E-state index < -0.39 is 0 Å². The zero-order chi connectivity index (χ0) is 9.78. The standard InChI is InChI=1S/C9H16NO2/c1-6-7-10(4,5)12-9(11)8(2)3/h6-7H,2H2,1,3-5H3/q+1. The van der Waals surface area contributed by atoms with Crippen LogP contribution in [0, 0.1) is 0 Å². The van der Waals surface area contributed by atoms with Gasteiger partial charge in [-0.1, -0.05) is 6.58 Å². The van der Waals surface area contributed by atoms with Crippen LogP contribution in [0.4, 0.5) is 0 Å². The zero-order valence-corrected chi connectivity index (χ0v) is 8.13. The van der Waals surface area contributed by atoms with Crippen molar-refractivity contribution in [2.45, 2.75) is 13.8 Å². The third-order valence-electron chi connectivity index (χ3n) is 1.17. The lowest BCUT2D eigenvalue weighted by Crippen LogP contribution is -2.36. The summed E-state index contributed by atoms with van der Waals surface area (Å²) in [7, 11) is 3.53. The van der Waals surface area contributed by atoms with Gasteiger partial charge in [0.2, 0.25) is 0 Å². The number of quaternary nitrogens is 1. The highest BCUT2D eigenvalue weighted by Gasteiger charge is 2.18. The molecule has 0 aliphatic carbocycles. The van der Waals surface area contributed by atoms with Gasteiger partial charge >= 0.3 is 5.97 Å². The Kier molecular flexibility index (Phi) is 3.70. The van der Waals surface area contributed by atoms with E-state index in [-0.39, 0.29) is 10.6 Å². The number of hydrogen-bond donors (Lipinski definition) is 0. The van der Waals surface area contributed by atoms with E-state index in [9.17, 15) is 4.79 Å². The summed E-state index contributed by atoms with van der Waals surface area (Å²) in [6.07, 6.45) is 3.59. The first-order chi connectivity index (χ1) is 5.39. The molecular weight excluding hydrogens is 154 g/mol. The number of carbonyl (C=O) groups is 1. The number of allylic oxidation sites excluding steroid dienone is 1. The summed E-state index contributed by atoms with van der Waals surface area (Å²) in [4.78, 5) is 16.1. The highest BCUT2D eigenvalue weighted by molar-refractivity contribution is 5.86. The molecule has 0 aromatic rings. The number of rotatable bonds is 3. The van der Waals surface area contributed by atoms with Gasteiger partial charge in [0.1, 0.15) is 20.3 Å². The topological polar surface area (TPSA) is 26.3 Å². The zero-order valence-electron chi connectivity index (χ0n) is 8.13. The largest absolute Gasteiger partial charge is 0.393 e.